The lowest BCUT2D eigenvalue weighted by atomic mass is 10.1. The fraction of sp³-hybridized carbons (Fsp3) is 0.667. The predicted octanol–water partition coefficient (Wildman–Crippen LogP) is 1.99. The van der Waals surface area contributed by atoms with Crippen molar-refractivity contribution in [2.45, 2.75) is 31.7 Å². The smallest absolute Gasteiger partial charge is 0.232 e. The molecule has 18 heavy (non-hydrogen) atoms. The molecule has 0 aliphatic carbocycles. The molecule has 2 heterocycles. The summed E-state index contributed by atoms with van der Waals surface area (Å²) < 4.78 is 5.96. The van der Waals surface area contributed by atoms with Gasteiger partial charge in [-0.3, -0.25) is 0 Å². The molecule has 0 saturated carbocycles. The molecule has 1 aromatic rings. The number of rotatable bonds is 5. The van der Waals surface area contributed by atoms with Gasteiger partial charge < -0.3 is 14.7 Å². The number of ether oxygens (including phenoxy) is 1. The number of nitrogens with zero attached hydrogens (tertiary/aromatic N) is 3. The van der Waals surface area contributed by atoms with Crippen molar-refractivity contribution in [1.82, 2.24) is 9.97 Å². The molecule has 1 unspecified atom stereocenters. The van der Waals surface area contributed by atoms with Crippen molar-refractivity contribution in [3.8, 4) is 5.88 Å². The van der Waals surface area contributed by atoms with Crippen molar-refractivity contribution in [3.05, 3.63) is 10.7 Å². The lowest BCUT2D eigenvalue weighted by Crippen LogP contribution is -2.31. The fourth-order valence-electron chi connectivity index (χ4n) is 2.35. The van der Waals surface area contributed by atoms with Crippen molar-refractivity contribution in [2.75, 3.05) is 25.2 Å². The maximum absolute atomic E-state index is 8.93. The van der Waals surface area contributed by atoms with Crippen molar-refractivity contribution < 1.29 is 9.84 Å². The Hall–Kier alpha value is -0.880. The van der Waals surface area contributed by atoms with Gasteiger partial charge in [0.05, 0.1) is 17.8 Å². The van der Waals surface area contributed by atoms with Crippen LogP contribution in [0, 0.1) is 0 Å². The van der Waals surface area contributed by atoms with Crippen LogP contribution in [0.25, 0.3) is 0 Å². The Kier molecular flexibility index (Phi) is 4.77. The molecule has 1 saturated heterocycles. The van der Waals surface area contributed by atoms with Crippen molar-refractivity contribution in [3.63, 3.8) is 0 Å². The third-order valence-corrected chi connectivity index (χ3v) is 3.77. The summed E-state index contributed by atoms with van der Waals surface area (Å²) in [4.78, 5) is 11.0. The first-order valence-electron chi connectivity index (χ1n) is 6.20. The Balaban J connectivity index is 2.14. The number of aromatic nitrogens is 2. The highest BCUT2D eigenvalue weighted by Crippen LogP contribution is 2.29. The molecule has 0 spiro atoms. The molecule has 0 aromatic carbocycles. The van der Waals surface area contributed by atoms with Gasteiger partial charge in [-0.25, -0.2) is 4.98 Å². The Bertz CT molecular complexity index is 403. The van der Waals surface area contributed by atoms with E-state index in [0.29, 0.717) is 11.9 Å². The molecule has 1 aliphatic rings. The number of hydrogen-bond donors (Lipinski definition) is 1. The summed E-state index contributed by atoms with van der Waals surface area (Å²) in [5, 5.41) is 8.93. The third kappa shape index (κ3) is 2.92. The SMILES string of the molecule is COc1nc(N2CCCC2CCCO)ncc1Br. The number of aliphatic hydroxyl groups excluding tert-OH is 1. The average molecular weight is 316 g/mol. The van der Waals surface area contributed by atoms with E-state index in [-0.39, 0.29) is 6.61 Å². The molecule has 1 aromatic heterocycles. The molecule has 0 radical (unpaired) electrons. The summed E-state index contributed by atoms with van der Waals surface area (Å²) in [6, 6.07) is 0.433. The van der Waals surface area contributed by atoms with Gasteiger partial charge in [-0.2, -0.15) is 4.98 Å². The summed E-state index contributed by atoms with van der Waals surface area (Å²) >= 11 is 3.35. The Labute approximate surface area is 115 Å². The second kappa shape index (κ2) is 6.33. The van der Waals surface area contributed by atoms with Gasteiger partial charge in [0.25, 0.3) is 0 Å². The van der Waals surface area contributed by atoms with Gasteiger partial charge in [0.15, 0.2) is 0 Å². The molecule has 0 amide bonds. The van der Waals surface area contributed by atoms with Crippen LogP contribution < -0.4 is 9.64 Å². The number of halogens is 1. The van der Waals surface area contributed by atoms with Crippen LogP contribution in [-0.2, 0) is 0 Å². The quantitative estimate of drug-likeness (QED) is 0.900. The topological polar surface area (TPSA) is 58.5 Å². The van der Waals surface area contributed by atoms with E-state index in [1.807, 2.05) is 0 Å². The van der Waals surface area contributed by atoms with Crippen LogP contribution in [0.5, 0.6) is 5.88 Å². The normalized spacial score (nSPS) is 19.3. The standard InChI is InChI=1S/C12H18BrN3O2/c1-18-11-10(13)8-14-12(15-11)16-6-2-4-9(16)5-3-7-17/h8-9,17H,2-7H2,1H3. The molecule has 6 heteroatoms. The highest BCUT2D eigenvalue weighted by Gasteiger charge is 2.26. The first-order valence-corrected chi connectivity index (χ1v) is 6.99. The molecule has 1 N–H and O–H groups in total. The van der Waals surface area contributed by atoms with E-state index >= 15 is 0 Å². The zero-order valence-corrected chi connectivity index (χ0v) is 12.1. The highest BCUT2D eigenvalue weighted by atomic mass is 79.9. The first-order chi connectivity index (χ1) is 8.76. The molecule has 1 fully saturated rings. The Morgan fingerprint density at radius 1 is 1.61 bits per heavy atom. The zero-order valence-electron chi connectivity index (χ0n) is 10.5. The second-order valence-corrected chi connectivity index (χ2v) is 5.24. The van der Waals surface area contributed by atoms with Gasteiger partial charge in [0, 0.05) is 19.2 Å². The van der Waals surface area contributed by atoms with E-state index in [9.17, 15) is 0 Å². The molecule has 2 rings (SSSR count). The van der Waals surface area contributed by atoms with Gasteiger partial charge >= 0.3 is 0 Å². The number of hydrogen-bond acceptors (Lipinski definition) is 5. The minimum atomic E-state index is 0.245. The molecule has 1 atom stereocenters. The van der Waals surface area contributed by atoms with Crippen LogP contribution in [0.4, 0.5) is 5.95 Å². The summed E-state index contributed by atoms with van der Waals surface area (Å²) in [5.74, 6) is 1.28. The van der Waals surface area contributed by atoms with Gasteiger partial charge in [-0.05, 0) is 41.6 Å². The molecular weight excluding hydrogens is 298 g/mol. The number of methoxy groups -OCH3 is 1. The number of aliphatic hydroxyl groups is 1. The predicted molar refractivity (Wildman–Crippen MR) is 73.0 cm³/mol. The zero-order chi connectivity index (χ0) is 13.0. The van der Waals surface area contributed by atoms with Crippen molar-refractivity contribution in [1.29, 1.82) is 0 Å². The van der Waals surface area contributed by atoms with Crippen LogP contribution in [0.3, 0.4) is 0 Å². The van der Waals surface area contributed by atoms with Gasteiger partial charge in [-0.15, -0.1) is 0 Å². The summed E-state index contributed by atoms with van der Waals surface area (Å²) in [6.45, 7) is 1.22. The van der Waals surface area contributed by atoms with Gasteiger partial charge in [0.1, 0.15) is 0 Å². The van der Waals surface area contributed by atoms with E-state index in [1.54, 1.807) is 13.3 Å². The summed E-state index contributed by atoms with van der Waals surface area (Å²) in [6.07, 6.45) is 5.83. The maximum atomic E-state index is 8.93. The minimum Gasteiger partial charge on any atom is -0.480 e. The summed E-state index contributed by atoms with van der Waals surface area (Å²) in [7, 11) is 1.60. The largest absolute Gasteiger partial charge is 0.480 e. The van der Waals surface area contributed by atoms with Crippen LogP contribution in [-0.4, -0.2) is 41.4 Å². The monoisotopic (exact) mass is 315 g/mol. The van der Waals surface area contributed by atoms with Crippen LogP contribution >= 0.6 is 15.9 Å². The number of anilines is 1. The van der Waals surface area contributed by atoms with E-state index < -0.39 is 0 Å². The van der Waals surface area contributed by atoms with Crippen LogP contribution in [0.1, 0.15) is 25.7 Å². The molecule has 1 aliphatic heterocycles. The van der Waals surface area contributed by atoms with Crippen molar-refractivity contribution in [2.24, 2.45) is 0 Å². The van der Waals surface area contributed by atoms with Crippen LogP contribution in [0.15, 0.2) is 10.7 Å². The van der Waals surface area contributed by atoms with Gasteiger partial charge in [0.2, 0.25) is 11.8 Å². The maximum Gasteiger partial charge on any atom is 0.232 e. The molecule has 5 nitrogen and oxygen atoms in total. The lowest BCUT2D eigenvalue weighted by Gasteiger charge is -2.24. The van der Waals surface area contributed by atoms with Crippen LogP contribution in [0.2, 0.25) is 0 Å². The summed E-state index contributed by atoms with van der Waals surface area (Å²) in [5.41, 5.74) is 0. The lowest BCUT2D eigenvalue weighted by molar-refractivity contribution is 0.279. The highest BCUT2D eigenvalue weighted by molar-refractivity contribution is 9.10. The van der Waals surface area contributed by atoms with Crippen molar-refractivity contribution >= 4 is 21.9 Å². The Morgan fingerprint density at radius 2 is 2.44 bits per heavy atom. The van der Waals surface area contributed by atoms with E-state index in [2.05, 4.69) is 30.8 Å². The minimum absolute atomic E-state index is 0.245. The fourth-order valence-corrected chi connectivity index (χ4v) is 2.70. The van der Waals surface area contributed by atoms with E-state index in [1.165, 1.54) is 0 Å². The van der Waals surface area contributed by atoms with E-state index in [0.717, 1.165) is 42.6 Å². The van der Waals surface area contributed by atoms with E-state index in [4.69, 9.17) is 9.84 Å². The Morgan fingerprint density at radius 3 is 3.17 bits per heavy atom. The average Bonchev–Trinajstić information content (AvgIpc) is 2.85. The third-order valence-electron chi connectivity index (χ3n) is 3.22. The molecule has 100 valence electrons. The second-order valence-electron chi connectivity index (χ2n) is 4.38. The van der Waals surface area contributed by atoms with Gasteiger partial charge in [-0.1, -0.05) is 0 Å². The molecule has 0 bridgehead atoms. The molecular formula is C12H18BrN3O2. The first kappa shape index (κ1) is 13.5.